The van der Waals surface area contributed by atoms with E-state index in [1.54, 1.807) is 6.07 Å². The summed E-state index contributed by atoms with van der Waals surface area (Å²) in [6.07, 6.45) is 2.49. The van der Waals surface area contributed by atoms with E-state index >= 15 is 0 Å². The monoisotopic (exact) mass is 498 g/mol. The molecular formula is C23H28F2N2O6S. The molecule has 0 spiro atoms. The normalized spacial score (nSPS) is 16.8. The minimum absolute atomic E-state index is 0.000300. The zero-order chi connectivity index (χ0) is 24.9. The topological polar surface area (TPSA) is 94.2 Å². The SMILES string of the molecule is COc1ccc(CNC(=O)c2ccc(OC)c(S(=O)(=O)N3CCCCC3C)c2)cc1OC(F)F. The van der Waals surface area contributed by atoms with Gasteiger partial charge in [-0.2, -0.15) is 13.1 Å². The Morgan fingerprint density at radius 3 is 2.44 bits per heavy atom. The molecule has 1 N–H and O–H groups in total. The van der Waals surface area contributed by atoms with Crippen LogP contribution in [0.15, 0.2) is 41.3 Å². The standard InChI is InChI=1S/C23H28F2N2O6S/c1-15-6-4-5-11-27(15)34(29,30)21-13-17(8-10-19(21)32-3)22(28)26-14-16-7-9-18(31-2)20(12-16)33-23(24)25/h7-10,12-13,15,23H,4-6,11,14H2,1-3H3,(H,26,28). The molecule has 1 aliphatic heterocycles. The zero-order valence-electron chi connectivity index (χ0n) is 19.2. The van der Waals surface area contributed by atoms with Crippen molar-refractivity contribution in [2.24, 2.45) is 0 Å². The number of ether oxygens (including phenoxy) is 3. The van der Waals surface area contributed by atoms with Crippen LogP contribution in [0.1, 0.15) is 42.1 Å². The fraction of sp³-hybridized carbons (Fsp3) is 0.435. The number of piperidine rings is 1. The average molecular weight is 499 g/mol. The molecule has 8 nitrogen and oxygen atoms in total. The van der Waals surface area contributed by atoms with Gasteiger partial charge in [-0.25, -0.2) is 8.42 Å². The highest BCUT2D eigenvalue weighted by Crippen LogP contribution is 2.32. The van der Waals surface area contributed by atoms with Crippen LogP contribution in [-0.4, -0.2) is 52.0 Å². The Hall–Kier alpha value is -2.92. The molecule has 2 aromatic carbocycles. The van der Waals surface area contributed by atoms with Crippen LogP contribution < -0.4 is 19.5 Å². The Kier molecular flexibility index (Phi) is 8.32. The molecule has 3 rings (SSSR count). The maximum Gasteiger partial charge on any atom is 0.387 e. The van der Waals surface area contributed by atoms with Gasteiger partial charge < -0.3 is 19.5 Å². The molecule has 1 unspecified atom stereocenters. The Labute approximate surface area is 197 Å². The van der Waals surface area contributed by atoms with E-state index in [9.17, 15) is 22.0 Å². The van der Waals surface area contributed by atoms with Gasteiger partial charge in [0.05, 0.1) is 14.2 Å². The third-order valence-electron chi connectivity index (χ3n) is 5.65. The highest BCUT2D eigenvalue weighted by molar-refractivity contribution is 7.89. The van der Waals surface area contributed by atoms with E-state index in [0.717, 1.165) is 19.3 Å². The molecule has 1 amide bonds. The first-order chi connectivity index (χ1) is 16.2. The number of rotatable bonds is 9. The number of hydrogen-bond acceptors (Lipinski definition) is 6. The quantitative estimate of drug-likeness (QED) is 0.565. The van der Waals surface area contributed by atoms with Crippen molar-refractivity contribution in [3.63, 3.8) is 0 Å². The molecule has 0 aromatic heterocycles. The van der Waals surface area contributed by atoms with Gasteiger partial charge in [0.1, 0.15) is 10.6 Å². The second kappa shape index (κ2) is 11.0. The van der Waals surface area contributed by atoms with Gasteiger partial charge in [-0.1, -0.05) is 12.5 Å². The number of halogens is 2. The number of nitrogens with one attached hydrogen (secondary N) is 1. The van der Waals surface area contributed by atoms with Gasteiger partial charge in [0.25, 0.3) is 5.91 Å². The minimum Gasteiger partial charge on any atom is -0.495 e. The van der Waals surface area contributed by atoms with Gasteiger partial charge in [-0.15, -0.1) is 0 Å². The molecule has 1 fully saturated rings. The van der Waals surface area contributed by atoms with Crippen LogP contribution >= 0.6 is 0 Å². The number of amides is 1. The molecular weight excluding hydrogens is 470 g/mol. The van der Waals surface area contributed by atoms with E-state index in [1.807, 2.05) is 6.92 Å². The predicted molar refractivity (Wildman–Crippen MR) is 121 cm³/mol. The Balaban J connectivity index is 1.81. The van der Waals surface area contributed by atoms with Crippen molar-refractivity contribution in [2.45, 2.75) is 50.3 Å². The number of carbonyl (C=O) groups excluding carboxylic acids is 1. The van der Waals surface area contributed by atoms with E-state index in [4.69, 9.17) is 9.47 Å². The average Bonchev–Trinajstić information content (AvgIpc) is 2.82. The van der Waals surface area contributed by atoms with E-state index in [0.29, 0.717) is 12.1 Å². The minimum atomic E-state index is -3.88. The van der Waals surface area contributed by atoms with Gasteiger partial charge in [0.15, 0.2) is 11.5 Å². The number of carbonyl (C=O) groups is 1. The summed E-state index contributed by atoms with van der Waals surface area (Å²) in [6.45, 7) is -0.759. The van der Waals surface area contributed by atoms with Crippen molar-refractivity contribution in [1.82, 2.24) is 9.62 Å². The van der Waals surface area contributed by atoms with Gasteiger partial charge >= 0.3 is 6.61 Å². The van der Waals surface area contributed by atoms with Gasteiger partial charge in [0.2, 0.25) is 10.0 Å². The summed E-state index contributed by atoms with van der Waals surface area (Å²) in [5, 5.41) is 2.67. The molecule has 0 aliphatic carbocycles. The van der Waals surface area contributed by atoms with Crippen LogP contribution in [0.3, 0.4) is 0 Å². The third kappa shape index (κ3) is 5.76. The predicted octanol–water partition coefficient (Wildman–Crippen LogP) is 3.80. The maximum atomic E-state index is 13.3. The first kappa shape index (κ1) is 25.7. The molecule has 1 saturated heterocycles. The van der Waals surface area contributed by atoms with Crippen molar-refractivity contribution in [3.8, 4) is 17.2 Å². The summed E-state index contributed by atoms with van der Waals surface area (Å²) >= 11 is 0. The van der Waals surface area contributed by atoms with Crippen LogP contribution in [0.5, 0.6) is 17.2 Å². The van der Waals surface area contributed by atoms with Crippen molar-refractivity contribution >= 4 is 15.9 Å². The zero-order valence-corrected chi connectivity index (χ0v) is 20.0. The van der Waals surface area contributed by atoms with Crippen LogP contribution in [-0.2, 0) is 16.6 Å². The van der Waals surface area contributed by atoms with Gasteiger partial charge in [-0.3, -0.25) is 4.79 Å². The fourth-order valence-electron chi connectivity index (χ4n) is 3.88. The van der Waals surface area contributed by atoms with E-state index in [-0.39, 0.29) is 40.3 Å². The maximum absolute atomic E-state index is 13.3. The Bertz CT molecular complexity index is 1130. The molecule has 0 radical (unpaired) electrons. The van der Waals surface area contributed by atoms with Crippen molar-refractivity contribution in [2.75, 3.05) is 20.8 Å². The summed E-state index contributed by atoms with van der Waals surface area (Å²) in [5.41, 5.74) is 0.620. The summed E-state index contributed by atoms with van der Waals surface area (Å²) in [7, 11) is -1.18. The molecule has 34 heavy (non-hydrogen) atoms. The Morgan fingerprint density at radius 1 is 1.09 bits per heavy atom. The second-order valence-electron chi connectivity index (χ2n) is 7.87. The number of methoxy groups -OCH3 is 2. The van der Waals surface area contributed by atoms with Crippen LogP contribution in [0.2, 0.25) is 0 Å². The lowest BCUT2D eigenvalue weighted by atomic mass is 10.1. The van der Waals surface area contributed by atoms with E-state index < -0.39 is 22.5 Å². The van der Waals surface area contributed by atoms with Gasteiger partial charge in [-0.05, 0) is 55.7 Å². The van der Waals surface area contributed by atoms with Crippen molar-refractivity contribution < 1.29 is 36.2 Å². The molecule has 11 heteroatoms. The Morgan fingerprint density at radius 2 is 1.79 bits per heavy atom. The van der Waals surface area contributed by atoms with Crippen LogP contribution in [0.4, 0.5) is 8.78 Å². The van der Waals surface area contributed by atoms with Crippen LogP contribution in [0, 0.1) is 0 Å². The van der Waals surface area contributed by atoms with Gasteiger partial charge in [0, 0.05) is 24.7 Å². The molecule has 1 heterocycles. The molecule has 1 aliphatic rings. The molecule has 186 valence electrons. The summed E-state index contributed by atoms with van der Waals surface area (Å²) in [4.78, 5) is 12.7. The smallest absolute Gasteiger partial charge is 0.387 e. The summed E-state index contributed by atoms with van der Waals surface area (Å²) in [5.74, 6) is -0.402. The molecule has 1 atom stereocenters. The van der Waals surface area contributed by atoms with E-state index in [1.165, 1.54) is 48.9 Å². The summed E-state index contributed by atoms with van der Waals surface area (Å²) < 4.78 is 68.2. The third-order valence-corrected chi connectivity index (χ3v) is 7.69. The lowest BCUT2D eigenvalue weighted by Gasteiger charge is -2.32. The van der Waals surface area contributed by atoms with Crippen molar-refractivity contribution in [3.05, 3.63) is 47.5 Å². The number of nitrogens with zero attached hydrogens (tertiary/aromatic N) is 1. The largest absolute Gasteiger partial charge is 0.495 e. The number of alkyl halides is 2. The number of hydrogen-bond donors (Lipinski definition) is 1. The number of sulfonamides is 1. The highest BCUT2D eigenvalue weighted by Gasteiger charge is 2.33. The van der Waals surface area contributed by atoms with Crippen molar-refractivity contribution in [1.29, 1.82) is 0 Å². The van der Waals surface area contributed by atoms with Crippen LogP contribution in [0.25, 0.3) is 0 Å². The second-order valence-corrected chi connectivity index (χ2v) is 9.73. The molecule has 0 saturated carbocycles. The fourth-order valence-corrected chi connectivity index (χ4v) is 5.76. The molecule has 2 aromatic rings. The lowest BCUT2D eigenvalue weighted by molar-refractivity contribution is -0.0512. The summed E-state index contributed by atoms with van der Waals surface area (Å²) in [6, 6.07) is 8.44. The number of benzene rings is 2. The highest BCUT2D eigenvalue weighted by atomic mass is 32.2. The first-order valence-corrected chi connectivity index (χ1v) is 12.2. The molecule has 0 bridgehead atoms. The van der Waals surface area contributed by atoms with E-state index in [2.05, 4.69) is 10.1 Å². The lowest BCUT2D eigenvalue weighted by Crippen LogP contribution is -2.42. The first-order valence-electron chi connectivity index (χ1n) is 10.8.